The predicted octanol–water partition coefficient (Wildman–Crippen LogP) is 4.44. The van der Waals surface area contributed by atoms with Gasteiger partial charge in [-0.3, -0.25) is 4.79 Å². The van der Waals surface area contributed by atoms with Crippen molar-refractivity contribution in [2.45, 2.75) is 50.8 Å². The molecule has 6 nitrogen and oxygen atoms in total. The molecule has 1 aromatic heterocycles. The van der Waals surface area contributed by atoms with E-state index in [2.05, 4.69) is 12.2 Å². The number of hydrogen-bond donors (Lipinski definition) is 1. The molecule has 1 saturated heterocycles. The first kappa shape index (κ1) is 21.8. The molecule has 0 radical (unpaired) electrons. The van der Waals surface area contributed by atoms with Crippen LogP contribution in [0.2, 0.25) is 0 Å². The molecule has 0 bridgehead atoms. The Morgan fingerprint density at radius 3 is 2.59 bits per heavy atom. The van der Waals surface area contributed by atoms with Crippen LogP contribution in [0.5, 0.6) is 5.75 Å². The number of piperidine rings is 1. The van der Waals surface area contributed by atoms with Crippen molar-refractivity contribution in [1.82, 2.24) is 4.31 Å². The van der Waals surface area contributed by atoms with Crippen LogP contribution in [-0.4, -0.2) is 38.8 Å². The fraction of sp³-hybridized carbons (Fsp3) is 0.476. The molecule has 0 spiro atoms. The molecule has 0 unspecified atom stereocenters. The lowest BCUT2D eigenvalue weighted by Gasteiger charge is -2.26. The Hall–Kier alpha value is -1.90. The van der Waals surface area contributed by atoms with Crippen LogP contribution in [-0.2, 0) is 16.4 Å². The fourth-order valence-electron chi connectivity index (χ4n) is 3.53. The van der Waals surface area contributed by atoms with Crippen molar-refractivity contribution < 1.29 is 17.9 Å². The Balaban J connectivity index is 1.87. The van der Waals surface area contributed by atoms with Crippen LogP contribution in [0.4, 0.5) is 5.69 Å². The summed E-state index contributed by atoms with van der Waals surface area (Å²) >= 11 is 1.45. The molecule has 1 fully saturated rings. The third-order valence-electron chi connectivity index (χ3n) is 5.14. The van der Waals surface area contributed by atoms with Gasteiger partial charge in [0, 0.05) is 18.0 Å². The highest BCUT2D eigenvalue weighted by Gasteiger charge is 2.27. The zero-order valence-corrected chi connectivity index (χ0v) is 18.8. The fourth-order valence-corrected chi connectivity index (χ4v) is 6.04. The van der Waals surface area contributed by atoms with Crippen molar-refractivity contribution in [3.8, 4) is 5.75 Å². The zero-order valence-electron chi connectivity index (χ0n) is 17.2. The number of nitrogens with one attached hydrogen (secondary N) is 1. The number of ether oxygens (including phenoxy) is 1. The first-order chi connectivity index (χ1) is 13.9. The van der Waals surface area contributed by atoms with Crippen molar-refractivity contribution in [1.29, 1.82) is 0 Å². The number of carbonyl (C=O) groups is 1. The van der Waals surface area contributed by atoms with Crippen LogP contribution in [0.1, 0.15) is 52.7 Å². The highest BCUT2D eigenvalue weighted by atomic mass is 32.2. The molecule has 1 N–H and O–H groups in total. The molecule has 2 heterocycles. The number of aryl methyl sites for hydroxylation is 2. The van der Waals surface area contributed by atoms with Crippen LogP contribution >= 0.6 is 11.3 Å². The quantitative estimate of drug-likeness (QED) is 0.696. The first-order valence-electron chi connectivity index (χ1n) is 9.95. The lowest BCUT2D eigenvalue weighted by atomic mass is 10.1. The van der Waals surface area contributed by atoms with E-state index in [0.29, 0.717) is 29.4 Å². The Kier molecular flexibility index (Phi) is 6.97. The Bertz CT molecular complexity index is 977. The normalized spacial score (nSPS) is 15.3. The van der Waals surface area contributed by atoms with Gasteiger partial charge in [0.25, 0.3) is 5.91 Å². The van der Waals surface area contributed by atoms with E-state index in [9.17, 15) is 13.2 Å². The van der Waals surface area contributed by atoms with Crippen molar-refractivity contribution in [2.75, 3.05) is 25.5 Å². The van der Waals surface area contributed by atoms with Crippen molar-refractivity contribution in [3.05, 3.63) is 39.6 Å². The minimum absolute atomic E-state index is 0.171. The number of thiophene rings is 1. The highest BCUT2D eigenvalue weighted by Crippen LogP contribution is 2.31. The number of nitrogens with zero attached hydrogens (tertiary/aromatic N) is 1. The Morgan fingerprint density at radius 1 is 1.21 bits per heavy atom. The Labute approximate surface area is 176 Å². The summed E-state index contributed by atoms with van der Waals surface area (Å²) in [7, 11) is -2.09. The summed E-state index contributed by atoms with van der Waals surface area (Å²) in [5.74, 6) is 0.171. The maximum absolute atomic E-state index is 13.0. The molecule has 0 aliphatic carbocycles. The number of methoxy groups -OCH3 is 1. The van der Waals surface area contributed by atoms with E-state index >= 15 is 0 Å². The standard InChI is InChI=1S/C21H28N2O4S2/c1-4-8-16-13-20(28-15(16)2)21(24)22-18-14-17(9-10-19(18)27-3)29(25,26)23-11-6-5-7-12-23/h9-10,13-14H,4-8,11-12H2,1-3H3,(H,22,24). The molecule has 3 rings (SSSR count). The lowest BCUT2D eigenvalue weighted by Crippen LogP contribution is -2.35. The maximum Gasteiger partial charge on any atom is 0.265 e. The number of anilines is 1. The average molecular weight is 437 g/mol. The van der Waals surface area contributed by atoms with Gasteiger partial charge in [0.15, 0.2) is 0 Å². The summed E-state index contributed by atoms with van der Waals surface area (Å²) in [5, 5.41) is 2.84. The monoisotopic (exact) mass is 436 g/mol. The summed E-state index contributed by atoms with van der Waals surface area (Å²) in [6.07, 6.45) is 4.75. The molecule has 0 saturated carbocycles. The van der Waals surface area contributed by atoms with E-state index in [-0.39, 0.29) is 10.8 Å². The summed E-state index contributed by atoms with van der Waals surface area (Å²) in [6.45, 7) is 5.18. The van der Waals surface area contributed by atoms with E-state index in [1.165, 1.54) is 40.4 Å². The predicted molar refractivity (Wildman–Crippen MR) is 117 cm³/mol. The second kappa shape index (κ2) is 9.28. The summed E-state index contributed by atoms with van der Waals surface area (Å²) in [5.41, 5.74) is 1.54. The number of rotatable bonds is 7. The van der Waals surface area contributed by atoms with Gasteiger partial charge in [0.2, 0.25) is 10.0 Å². The highest BCUT2D eigenvalue weighted by molar-refractivity contribution is 7.89. The second-order valence-corrected chi connectivity index (χ2v) is 10.4. The molecule has 29 heavy (non-hydrogen) atoms. The number of amides is 1. The zero-order chi connectivity index (χ0) is 21.0. The van der Waals surface area contributed by atoms with Gasteiger partial charge in [-0.25, -0.2) is 8.42 Å². The van der Waals surface area contributed by atoms with Gasteiger partial charge in [-0.2, -0.15) is 4.31 Å². The van der Waals surface area contributed by atoms with Crippen LogP contribution < -0.4 is 10.1 Å². The van der Waals surface area contributed by atoms with Crippen molar-refractivity contribution in [3.63, 3.8) is 0 Å². The molecule has 1 aliphatic heterocycles. The largest absolute Gasteiger partial charge is 0.495 e. The Morgan fingerprint density at radius 2 is 1.93 bits per heavy atom. The average Bonchev–Trinajstić information content (AvgIpc) is 3.09. The van der Waals surface area contributed by atoms with Gasteiger partial charge in [-0.15, -0.1) is 11.3 Å². The van der Waals surface area contributed by atoms with Crippen molar-refractivity contribution >= 4 is 33.0 Å². The van der Waals surface area contributed by atoms with Crippen LogP contribution in [0.15, 0.2) is 29.2 Å². The molecule has 1 amide bonds. The lowest BCUT2D eigenvalue weighted by molar-refractivity contribution is 0.103. The number of sulfonamides is 1. The molecular weight excluding hydrogens is 408 g/mol. The first-order valence-corrected chi connectivity index (χ1v) is 12.2. The van der Waals surface area contributed by atoms with Gasteiger partial charge in [-0.05, 0) is 56.0 Å². The van der Waals surface area contributed by atoms with E-state index in [1.807, 2.05) is 13.0 Å². The maximum atomic E-state index is 13.0. The molecule has 2 aromatic rings. The summed E-state index contributed by atoms with van der Waals surface area (Å²) in [4.78, 5) is 14.7. The molecule has 1 aromatic carbocycles. The molecule has 0 atom stereocenters. The van der Waals surface area contributed by atoms with Crippen molar-refractivity contribution in [2.24, 2.45) is 0 Å². The minimum Gasteiger partial charge on any atom is -0.495 e. The second-order valence-electron chi connectivity index (χ2n) is 7.22. The third-order valence-corrected chi connectivity index (χ3v) is 8.12. The molecular formula is C21H28N2O4S2. The summed E-state index contributed by atoms with van der Waals surface area (Å²) < 4.78 is 32.8. The van der Waals surface area contributed by atoms with Gasteiger partial charge in [0.05, 0.1) is 22.6 Å². The minimum atomic E-state index is -3.59. The van der Waals surface area contributed by atoms with E-state index < -0.39 is 10.0 Å². The number of benzene rings is 1. The number of carbonyl (C=O) groups excluding carboxylic acids is 1. The van der Waals surface area contributed by atoms with E-state index in [1.54, 1.807) is 6.07 Å². The molecule has 1 aliphatic rings. The van der Waals surface area contributed by atoms with Crippen LogP contribution in [0.3, 0.4) is 0 Å². The van der Waals surface area contributed by atoms with Gasteiger partial charge < -0.3 is 10.1 Å². The number of hydrogen-bond acceptors (Lipinski definition) is 5. The SMILES string of the molecule is CCCc1cc(C(=O)Nc2cc(S(=O)(=O)N3CCCCC3)ccc2OC)sc1C. The molecule has 158 valence electrons. The molecule has 8 heteroatoms. The van der Waals surface area contributed by atoms with Gasteiger partial charge in [-0.1, -0.05) is 19.8 Å². The van der Waals surface area contributed by atoms with E-state index in [4.69, 9.17) is 4.74 Å². The smallest absolute Gasteiger partial charge is 0.265 e. The summed E-state index contributed by atoms with van der Waals surface area (Å²) in [6, 6.07) is 6.54. The van der Waals surface area contributed by atoms with Gasteiger partial charge in [0.1, 0.15) is 5.75 Å². The topological polar surface area (TPSA) is 75.7 Å². The van der Waals surface area contributed by atoms with Gasteiger partial charge >= 0.3 is 0 Å². The van der Waals surface area contributed by atoms with E-state index in [0.717, 1.165) is 37.0 Å². The third kappa shape index (κ3) is 4.82. The van der Waals surface area contributed by atoms with Crippen LogP contribution in [0, 0.1) is 6.92 Å². The van der Waals surface area contributed by atoms with Crippen LogP contribution in [0.25, 0.3) is 0 Å².